The molecule has 0 spiro atoms. The molecular weight excluding hydrogens is 514 g/mol. The van der Waals surface area contributed by atoms with E-state index in [1.165, 1.54) is 11.8 Å². The van der Waals surface area contributed by atoms with Crippen LogP contribution in [0.4, 0.5) is 0 Å². The summed E-state index contributed by atoms with van der Waals surface area (Å²) >= 11 is 6.92. The third kappa shape index (κ3) is 5.37. The van der Waals surface area contributed by atoms with Gasteiger partial charge in [0.15, 0.2) is 0 Å². The Hall–Kier alpha value is -3.88. The summed E-state index contributed by atoms with van der Waals surface area (Å²) in [6, 6.07) is 23.8. The lowest BCUT2D eigenvalue weighted by Gasteiger charge is -2.14. The minimum atomic E-state index is -0.0853. The van der Waals surface area contributed by atoms with Crippen LogP contribution in [0.1, 0.15) is 16.7 Å². The molecule has 1 aromatic heterocycles. The number of thiocarbonyl (C=S) groups is 1. The molecule has 1 amide bonds. The number of para-hydroxylation sites is 1. The summed E-state index contributed by atoms with van der Waals surface area (Å²) in [6.07, 6.45) is 4.55. The zero-order valence-corrected chi connectivity index (χ0v) is 23.0. The van der Waals surface area contributed by atoms with Crippen molar-refractivity contribution >= 4 is 40.3 Å². The molecular formula is C30H27N3O3S2. The van der Waals surface area contributed by atoms with Gasteiger partial charge in [-0.3, -0.25) is 9.69 Å². The summed E-state index contributed by atoms with van der Waals surface area (Å²) in [5.41, 5.74) is 5.63. The highest BCUT2D eigenvalue weighted by Gasteiger charge is 2.32. The molecule has 0 saturated carbocycles. The lowest BCUT2D eigenvalue weighted by Crippen LogP contribution is -2.30. The summed E-state index contributed by atoms with van der Waals surface area (Å²) in [7, 11) is 3.31. The number of amides is 1. The van der Waals surface area contributed by atoms with Gasteiger partial charge in [0, 0.05) is 23.9 Å². The lowest BCUT2D eigenvalue weighted by molar-refractivity contribution is -0.122. The number of methoxy groups -OCH3 is 2. The van der Waals surface area contributed by atoms with Crippen molar-refractivity contribution < 1.29 is 14.3 Å². The highest BCUT2D eigenvalue weighted by Crippen LogP contribution is 2.36. The van der Waals surface area contributed by atoms with Gasteiger partial charge in [0.1, 0.15) is 21.5 Å². The number of benzene rings is 3. The summed E-state index contributed by atoms with van der Waals surface area (Å²) in [4.78, 5) is 15.7. The summed E-state index contributed by atoms with van der Waals surface area (Å²) < 4.78 is 13.1. The molecule has 1 aliphatic heterocycles. The SMILES string of the molecule is COc1ccc(CCN2C(=O)C(=Cc3cn(-c4ccccc4)nc3-c3ccc(OC)c(C)c3)SC2=S)cc1. The van der Waals surface area contributed by atoms with Gasteiger partial charge in [-0.2, -0.15) is 5.10 Å². The van der Waals surface area contributed by atoms with E-state index in [0.717, 1.165) is 45.1 Å². The molecule has 0 radical (unpaired) electrons. The third-order valence-corrected chi connectivity index (χ3v) is 7.75. The molecule has 3 aromatic carbocycles. The Kier molecular flexibility index (Phi) is 7.62. The van der Waals surface area contributed by atoms with Crippen LogP contribution in [0.5, 0.6) is 11.5 Å². The van der Waals surface area contributed by atoms with Crippen molar-refractivity contribution in [2.75, 3.05) is 20.8 Å². The van der Waals surface area contributed by atoms with Gasteiger partial charge in [0.05, 0.1) is 24.8 Å². The Morgan fingerprint density at radius 2 is 1.76 bits per heavy atom. The van der Waals surface area contributed by atoms with Crippen molar-refractivity contribution in [3.63, 3.8) is 0 Å². The zero-order valence-electron chi connectivity index (χ0n) is 21.4. The molecule has 1 aliphatic rings. The number of carbonyl (C=O) groups is 1. The number of hydrogen-bond acceptors (Lipinski definition) is 6. The predicted molar refractivity (Wildman–Crippen MR) is 157 cm³/mol. The first-order valence-corrected chi connectivity index (χ1v) is 13.4. The minimum absolute atomic E-state index is 0.0853. The number of ether oxygens (including phenoxy) is 2. The van der Waals surface area contributed by atoms with E-state index < -0.39 is 0 Å². The first kappa shape index (κ1) is 25.8. The van der Waals surface area contributed by atoms with Crippen LogP contribution in [0.15, 0.2) is 83.9 Å². The molecule has 0 atom stereocenters. The van der Waals surface area contributed by atoms with E-state index in [-0.39, 0.29) is 5.91 Å². The molecule has 2 heterocycles. The van der Waals surface area contributed by atoms with Crippen molar-refractivity contribution in [1.82, 2.24) is 14.7 Å². The molecule has 4 aromatic rings. The van der Waals surface area contributed by atoms with Crippen molar-refractivity contribution in [3.05, 3.63) is 101 Å². The summed E-state index contributed by atoms with van der Waals surface area (Å²) in [5, 5.41) is 4.90. The third-order valence-electron chi connectivity index (χ3n) is 6.37. The number of aryl methyl sites for hydroxylation is 1. The summed E-state index contributed by atoms with van der Waals surface area (Å²) in [6.45, 7) is 2.52. The number of hydrogen-bond donors (Lipinski definition) is 0. The van der Waals surface area contributed by atoms with Crippen molar-refractivity contribution in [2.45, 2.75) is 13.3 Å². The van der Waals surface area contributed by atoms with Gasteiger partial charge in [-0.15, -0.1) is 0 Å². The smallest absolute Gasteiger partial charge is 0.266 e. The van der Waals surface area contributed by atoms with Crippen LogP contribution in [0.25, 0.3) is 23.0 Å². The van der Waals surface area contributed by atoms with Crippen LogP contribution in [-0.2, 0) is 11.2 Å². The standard InChI is InChI=1S/C30H27N3O3S2/c1-20-17-22(11-14-26(20)36-3)28-23(19-33(31-28)24-7-5-4-6-8-24)18-27-29(34)32(30(37)38-27)16-15-21-9-12-25(35-2)13-10-21/h4-14,17-19H,15-16H2,1-3H3. The van der Waals surface area contributed by atoms with E-state index in [1.807, 2.05) is 96.7 Å². The fourth-order valence-electron chi connectivity index (χ4n) is 4.32. The van der Waals surface area contributed by atoms with Gasteiger partial charge < -0.3 is 9.47 Å². The minimum Gasteiger partial charge on any atom is -0.497 e. The quantitative estimate of drug-likeness (QED) is 0.193. The monoisotopic (exact) mass is 541 g/mol. The second-order valence-electron chi connectivity index (χ2n) is 8.83. The van der Waals surface area contributed by atoms with Crippen molar-refractivity contribution in [2.24, 2.45) is 0 Å². The van der Waals surface area contributed by atoms with Gasteiger partial charge in [-0.05, 0) is 73.0 Å². The van der Waals surface area contributed by atoms with Gasteiger partial charge in [-0.25, -0.2) is 4.68 Å². The Morgan fingerprint density at radius 1 is 1.00 bits per heavy atom. The molecule has 192 valence electrons. The molecule has 0 bridgehead atoms. The fourth-order valence-corrected chi connectivity index (χ4v) is 5.62. The van der Waals surface area contributed by atoms with Gasteiger partial charge in [-0.1, -0.05) is 54.3 Å². The number of rotatable bonds is 8. The van der Waals surface area contributed by atoms with Crippen LogP contribution in [0.2, 0.25) is 0 Å². The molecule has 1 fully saturated rings. The number of carbonyl (C=O) groups excluding carboxylic acids is 1. The maximum Gasteiger partial charge on any atom is 0.266 e. The Balaban J connectivity index is 1.45. The molecule has 6 nitrogen and oxygen atoms in total. The highest BCUT2D eigenvalue weighted by molar-refractivity contribution is 8.26. The number of thioether (sulfide) groups is 1. The molecule has 0 aliphatic carbocycles. The van der Waals surface area contributed by atoms with Gasteiger partial charge in [0.2, 0.25) is 0 Å². The fraction of sp³-hybridized carbons (Fsp3) is 0.167. The van der Waals surface area contributed by atoms with Crippen LogP contribution >= 0.6 is 24.0 Å². The van der Waals surface area contributed by atoms with E-state index in [4.69, 9.17) is 26.8 Å². The molecule has 1 saturated heterocycles. The molecule has 38 heavy (non-hydrogen) atoms. The topological polar surface area (TPSA) is 56.6 Å². The average molecular weight is 542 g/mol. The Labute approximate surface area is 231 Å². The van der Waals surface area contributed by atoms with Crippen LogP contribution in [-0.4, -0.2) is 45.7 Å². The Morgan fingerprint density at radius 3 is 2.45 bits per heavy atom. The second kappa shape index (κ2) is 11.2. The first-order chi connectivity index (χ1) is 18.5. The lowest BCUT2D eigenvalue weighted by atomic mass is 10.0. The van der Waals surface area contributed by atoms with Gasteiger partial charge in [0.25, 0.3) is 5.91 Å². The maximum atomic E-state index is 13.4. The summed E-state index contributed by atoms with van der Waals surface area (Å²) in [5.74, 6) is 1.54. The van der Waals surface area contributed by atoms with E-state index in [0.29, 0.717) is 22.2 Å². The molecule has 8 heteroatoms. The molecule has 0 N–H and O–H groups in total. The van der Waals surface area contributed by atoms with Gasteiger partial charge >= 0.3 is 0 Å². The van der Waals surface area contributed by atoms with E-state index >= 15 is 0 Å². The highest BCUT2D eigenvalue weighted by atomic mass is 32.2. The van der Waals surface area contributed by atoms with Crippen molar-refractivity contribution in [1.29, 1.82) is 0 Å². The predicted octanol–water partition coefficient (Wildman–Crippen LogP) is 6.31. The van der Waals surface area contributed by atoms with E-state index in [9.17, 15) is 4.79 Å². The molecule has 0 unspecified atom stereocenters. The largest absolute Gasteiger partial charge is 0.497 e. The van der Waals surface area contributed by atoms with Crippen LogP contribution in [0.3, 0.4) is 0 Å². The van der Waals surface area contributed by atoms with Crippen molar-refractivity contribution in [3.8, 4) is 28.4 Å². The average Bonchev–Trinajstić information content (AvgIpc) is 3.48. The van der Waals surface area contributed by atoms with Crippen LogP contribution < -0.4 is 9.47 Å². The van der Waals surface area contributed by atoms with E-state index in [1.54, 1.807) is 19.1 Å². The maximum absolute atomic E-state index is 13.4. The van der Waals surface area contributed by atoms with Crippen LogP contribution in [0, 0.1) is 6.92 Å². The zero-order chi connectivity index (χ0) is 26.6. The second-order valence-corrected chi connectivity index (χ2v) is 10.5. The number of aromatic nitrogens is 2. The Bertz CT molecular complexity index is 1510. The van der Waals surface area contributed by atoms with E-state index in [2.05, 4.69) is 0 Å². The normalized spacial score (nSPS) is 14.4. The molecule has 5 rings (SSSR count). The first-order valence-electron chi connectivity index (χ1n) is 12.1. The number of nitrogens with zero attached hydrogens (tertiary/aromatic N) is 3.